The predicted molar refractivity (Wildman–Crippen MR) is 91.7 cm³/mol. The van der Waals surface area contributed by atoms with Crippen molar-refractivity contribution >= 4 is 12.1 Å². The number of benzene rings is 2. The van der Waals surface area contributed by atoms with Gasteiger partial charge in [0, 0.05) is 11.1 Å². The summed E-state index contributed by atoms with van der Waals surface area (Å²) in [6, 6.07) is 8.88. The molecule has 0 fully saturated rings. The Morgan fingerprint density at radius 3 is 2.54 bits per heavy atom. The van der Waals surface area contributed by atoms with Crippen LogP contribution in [-0.2, 0) is 4.79 Å². The molecule has 0 saturated carbocycles. The van der Waals surface area contributed by atoms with Crippen molar-refractivity contribution in [2.75, 3.05) is 6.61 Å². The number of nitrogens with zero attached hydrogens (tertiary/aromatic N) is 1. The number of carbonyl (C=O) groups is 1. The van der Waals surface area contributed by atoms with Crippen LogP contribution in [0.5, 0.6) is 17.2 Å². The largest absolute Gasteiger partial charge is 0.508 e. The van der Waals surface area contributed by atoms with Crippen molar-refractivity contribution in [3.8, 4) is 17.2 Å². The molecule has 0 radical (unpaired) electrons. The van der Waals surface area contributed by atoms with Gasteiger partial charge >= 0.3 is 0 Å². The molecule has 0 bridgehead atoms. The van der Waals surface area contributed by atoms with E-state index in [0.29, 0.717) is 22.4 Å². The molecule has 0 aliphatic rings. The van der Waals surface area contributed by atoms with E-state index in [0.717, 1.165) is 5.56 Å². The molecule has 0 aliphatic carbocycles. The van der Waals surface area contributed by atoms with E-state index in [1.165, 1.54) is 12.3 Å². The molecule has 0 spiro atoms. The van der Waals surface area contributed by atoms with Crippen molar-refractivity contribution < 1.29 is 19.7 Å². The van der Waals surface area contributed by atoms with Crippen LogP contribution in [0.3, 0.4) is 0 Å². The summed E-state index contributed by atoms with van der Waals surface area (Å²) in [5.74, 6) is 0.126. The van der Waals surface area contributed by atoms with Crippen molar-refractivity contribution in [2.45, 2.75) is 20.8 Å². The minimum absolute atomic E-state index is 0.0117. The number of carbonyl (C=O) groups excluding carboxylic acids is 1. The van der Waals surface area contributed by atoms with Gasteiger partial charge in [-0.3, -0.25) is 4.79 Å². The number of hydrogen-bond donors (Lipinski definition) is 3. The van der Waals surface area contributed by atoms with Crippen LogP contribution in [0.4, 0.5) is 0 Å². The zero-order valence-corrected chi connectivity index (χ0v) is 13.8. The number of hydrogen-bond acceptors (Lipinski definition) is 5. The van der Waals surface area contributed by atoms with Gasteiger partial charge in [-0.25, -0.2) is 5.43 Å². The van der Waals surface area contributed by atoms with E-state index >= 15 is 0 Å². The number of aryl methyl sites for hydroxylation is 2. The highest BCUT2D eigenvalue weighted by atomic mass is 16.5. The van der Waals surface area contributed by atoms with Crippen LogP contribution >= 0.6 is 0 Å². The Kier molecular flexibility index (Phi) is 5.42. The lowest BCUT2D eigenvalue weighted by molar-refractivity contribution is -0.123. The van der Waals surface area contributed by atoms with E-state index in [-0.39, 0.29) is 18.1 Å². The van der Waals surface area contributed by atoms with Crippen molar-refractivity contribution in [1.82, 2.24) is 5.43 Å². The molecule has 6 nitrogen and oxygen atoms in total. The fourth-order valence-corrected chi connectivity index (χ4v) is 2.05. The summed E-state index contributed by atoms with van der Waals surface area (Å²) in [4.78, 5) is 11.7. The monoisotopic (exact) mass is 328 g/mol. The third-order valence-electron chi connectivity index (χ3n) is 3.55. The second-order valence-corrected chi connectivity index (χ2v) is 5.49. The quantitative estimate of drug-likeness (QED) is 0.581. The van der Waals surface area contributed by atoms with Gasteiger partial charge in [0.1, 0.15) is 17.2 Å². The van der Waals surface area contributed by atoms with E-state index < -0.39 is 5.91 Å². The minimum atomic E-state index is -0.417. The molecule has 0 unspecified atom stereocenters. The molecule has 0 heterocycles. The zero-order chi connectivity index (χ0) is 17.7. The molecule has 24 heavy (non-hydrogen) atoms. The Bertz CT molecular complexity index is 768. The second-order valence-electron chi connectivity index (χ2n) is 5.49. The topological polar surface area (TPSA) is 91.2 Å². The zero-order valence-electron chi connectivity index (χ0n) is 13.8. The molecule has 1 amide bonds. The number of rotatable bonds is 5. The third-order valence-corrected chi connectivity index (χ3v) is 3.55. The maximum Gasteiger partial charge on any atom is 0.277 e. The van der Waals surface area contributed by atoms with Crippen LogP contribution < -0.4 is 10.2 Å². The summed E-state index contributed by atoms with van der Waals surface area (Å²) in [6.07, 6.45) is 1.33. The average Bonchev–Trinajstić information content (AvgIpc) is 2.55. The summed E-state index contributed by atoms with van der Waals surface area (Å²) in [7, 11) is 0. The first kappa shape index (κ1) is 17.3. The Hall–Kier alpha value is -3.02. The van der Waals surface area contributed by atoms with Crippen LogP contribution in [0.15, 0.2) is 35.4 Å². The fraction of sp³-hybridized carbons (Fsp3) is 0.222. The molecule has 0 aromatic heterocycles. The number of amides is 1. The van der Waals surface area contributed by atoms with Crippen molar-refractivity contribution in [3.05, 3.63) is 52.6 Å². The molecule has 0 aliphatic heterocycles. The molecule has 126 valence electrons. The van der Waals surface area contributed by atoms with Crippen LogP contribution in [0.1, 0.15) is 22.3 Å². The third kappa shape index (κ3) is 4.25. The summed E-state index contributed by atoms with van der Waals surface area (Å²) in [5, 5.41) is 23.4. The number of phenolic OH excluding ortho intramolecular Hbond substituents is 2. The highest BCUT2D eigenvalue weighted by Gasteiger charge is 2.10. The first-order chi connectivity index (χ1) is 11.4. The summed E-state index contributed by atoms with van der Waals surface area (Å²) < 4.78 is 5.34. The Labute approximate surface area is 140 Å². The normalized spacial score (nSPS) is 10.8. The smallest absolute Gasteiger partial charge is 0.277 e. The average molecular weight is 328 g/mol. The van der Waals surface area contributed by atoms with Gasteiger partial charge < -0.3 is 14.9 Å². The van der Waals surface area contributed by atoms with Gasteiger partial charge in [0.15, 0.2) is 6.61 Å². The summed E-state index contributed by atoms with van der Waals surface area (Å²) in [6.45, 7) is 5.12. The van der Waals surface area contributed by atoms with Gasteiger partial charge in [0.25, 0.3) is 5.91 Å². The van der Waals surface area contributed by atoms with Gasteiger partial charge in [-0.2, -0.15) is 5.10 Å². The molecule has 3 N–H and O–H groups in total. The van der Waals surface area contributed by atoms with Gasteiger partial charge in [-0.05, 0) is 44.5 Å². The van der Waals surface area contributed by atoms with Gasteiger partial charge in [-0.1, -0.05) is 17.7 Å². The van der Waals surface area contributed by atoms with Gasteiger partial charge in [-0.15, -0.1) is 0 Å². The highest BCUT2D eigenvalue weighted by molar-refractivity contribution is 5.88. The van der Waals surface area contributed by atoms with E-state index in [4.69, 9.17) is 4.74 Å². The number of phenols is 2. The molecule has 2 rings (SSSR count). The molecular formula is C18H20N2O4. The maximum absolute atomic E-state index is 11.7. The highest BCUT2D eigenvalue weighted by Crippen LogP contribution is 2.31. The number of ether oxygens (including phenoxy) is 1. The predicted octanol–water partition coefficient (Wildman–Crippen LogP) is 2.55. The Morgan fingerprint density at radius 2 is 1.88 bits per heavy atom. The van der Waals surface area contributed by atoms with E-state index in [9.17, 15) is 15.0 Å². The number of aromatic hydroxyl groups is 2. The summed E-state index contributed by atoms with van der Waals surface area (Å²) in [5.41, 5.74) is 4.88. The molecule has 0 atom stereocenters. The minimum Gasteiger partial charge on any atom is -0.508 e. The van der Waals surface area contributed by atoms with E-state index in [1.807, 2.05) is 19.1 Å². The molecule has 6 heteroatoms. The Balaban J connectivity index is 1.93. The van der Waals surface area contributed by atoms with Crippen molar-refractivity contribution in [2.24, 2.45) is 5.10 Å². The van der Waals surface area contributed by atoms with Crippen LogP contribution in [0.2, 0.25) is 0 Å². The Morgan fingerprint density at radius 1 is 1.21 bits per heavy atom. The maximum atomic E-state index is 11.7. The first-order valence-electron chi connectivity index (χ1n) is 7.42. The fourth-order valence-electron chi connectivity index (χ4n) is 2.05. The lowest BCUT2D eigenvalue weighted by Crippen LogP contribution is -2.24. The lowest BCUT2D eigenvalue weighted by Gasteiger charge is -2.09. The second kappa shape index (κ2) is 7.50. The SMILES string of the molecule is Cc1ccc(OCC(=O)NN=Cc2c(C)cc(O)c(C)c2O)cc1. The van der Waals surface area contributed by atoms with Crippen LogP contribution in [0, 0.1) is 20.8 Å². The van der Waals surface area contributed by atoms with E-state index in [1.54, 1.807) is 26.0 Å². The number of nitrogens with one attached hydrogen (secondary N) is 1. The van der Waals surface area contributed by atoms with Crippen LogP contribution in [-0.4, -0.2) is 28.9 Å². The standard InChI is InChI=1S/C18H20N2O4/c1-11-4-6-14(7-5-11)24-10-17(22)20-19-9-15-12(2)8-16(21)13(3)18(15)23/h4-9,21,23H,10H2,1-3H3,(H,20,22). The molecular weight excluding hydrogens is 308 g/mol. The first-order valence-corrected chi connectivity index (χ1v) is 7.42. The lowest BCUT2D eigenvalue weighted by atomic mass is 10.0. The molecule has 0 saturated heterocycles. The van der Waals surface area contributed by atoms with Crippen molar-refractivity contribution in [1.29, 1.82) is 0 Å². The number of hydrazone groups is 1. The molecule has 2 aromatic rings. The summed E-state index contributed by atoms with van der Waals surface area (Å²) >= 11 is 0. The van der Waals surface area contributed by atoms with Gasteiger partial charge in [0.05, 0.1) is 6.21 Å². The van der Waals surface area contributed by atoms with Crippen LogP contribution in [0.25, 0.3) is 0 Å². The van der Waals surface area contributed by atoms with Gasteiger partial charge in [0.2, 0.25) is 0 Å². The molecule has 2 aromatic carbocycles. The van der Waals surface area contributed by atoms with Crippen molar-refractivity contribution in [3.63, 3.8) is 0 Å². The van der Waals surface area contributed by atoms with E-state index in [2.05, 4.69) is 10.5 Å².